The maximum atomic E-state index is 14.7. The fourth-order valence-corrected chi connectivity index (χ4v) is 9.36. The topological polar surface area (TPSA) is 144 Å². The van der Waals surface area contributed by atoms with Crippen molar-refractivity contribution in [1.82, 2.24) is 29.0 Å². The molecule has 5 heterocycles. The number of ether oxygens (including phenoxy) is 1. The van der Waals surface area contributed by atoms with Crippen molar-refractivity contribution >= 4 is 40.5 Å². The van der Waals surface area contributed by atoms with Gasteiger partial charge in [-0.2, -0.15) is 22.7 Å². The molecule has 0 radical (unpaired) electrons. The van der Waals surface area contributed by atoms with Crippen molar-refractivity contribution in [2.45, 2.75) is 62.2 Å². The molecule has 0 bridgehead atoms. The Hall–Kier alpha value is -4.76. The molecule has 1 spiro atoms. The molecule has 2 amide bonds. The van der Waals surface area contributed by atoms with Crippen LogP contribution in [-0.2, 0) is 27.7 Å². The predicted molar refractivity (Wildman–Crippen MR) is 176 cm³/mol. The number of hydrogen-bond donors (Lipinski definition) is 2. The lowest BCUT2D eigenvalue weighted by molar-refractivity contribution is -0.137. The summed E-state index contributed by atoms with van der Waals surface area (Å²) in [7, 11) is 0. The van der Waals surface area contributed by atoms with Crippen LogP contribution in [0, 0.1) is 11.8 Å². The molecule has 51 heavy (non-hydrogen) atoms. The van der Waals surface area contributed by atoms with Crippen LogP contribution in [0.5, 0.6) is 5.75 Å². The van der Waals surface area contributed by atoms with Crippen LogP contribution >= 0.6 is 11.6 Å². The average Bonchev–Trinajstić information content (AvgIpc) is 3.67. The Labute approximate surface area is 292 Å². The SMILES string of the molecule is O=C(Cn1c2c(c(=O)n3nc(C4=CCOCC4)nc13)[C@@]1(CCN(C(=O)c3ncccc3O)[C@@H]3CC[C@@H]31)[C@@H]1C[C@H]21)Nc1ccc(C(F)(F)F)cc1Cl. The molecule has 1 saturated heterocycles. The van der Waals surface area contributed by atoms with E-state index in [-0.39, 0.29) is 69.7 Å². The molecular weight excluding hydrogens is 691 g/mol. The monoisotopic (exact) mass is 721 g/mol. The second-order valence-corrected chi connectivity index (χ2v) is 14.4. The summed E-state index contributed by atoms with van der Waals surface area (Å²) < 4.78 is 48.3. The van der Waals surface area contributed by atoms with E-state index in [4.69, 9.17) is 21.3 Å². The minimum atomic E-state index is -4.60. The molecule has 2 N–H and O–H groups in total. The highest BCUT2D eigenvalue weighted by Gasteiger charge is 2.70. The second-order valence-electron chi connectivity index (χ2n) is 14.0. The highest BCUT2D eigenvalue weighted by molar-refractivity contribution is 6.33. The molecule has 3 aromatic heterocycles. The van der Waals surface area contributed by atoms with Crippen LogP contribution in [0.1, 0.15) is 71.2 Å². The largest absolute Gasteiger partial charge is 0.505 e. The first-order valence-electron chi connectivity index (χ1n) is 16.9. The van der Waals surface area contributed by atoms with Gasteiger partial charge in [0.2, 0.25) is 11.7 Å². The minimum absolute atomic E-state index is 0.00370. The van der Waals surface area contributed by atoms with Crippen LogP contribution in [0.2, 0.25) is 5.02 Å². The van der Waals surface area contributed by atoms with Crippen molar-refractivity contribution in [3.05, 3.63) is 86.3 Å². The molecule has 4 aromatic rings. The molecule has 3 fully saturated rings. The van der Waals surface area contributed by atoms with Gasteiger partial charge in [0.1, 0.15) is 12.3 Å². The molecule has 16 heteroatoms. The molecule has 5 atom stereocenters. The van der Waals surface area contributed by atoms with Gasteiger partial charge in [-0.25, -0.2) is 4.98 Å². The van der Waals surface area contributed by atoms with Gasteiger partial charge in [0.25, 0.3) is 11.5 Å². The van der Waals surface area contributed by atoms with Crippen LogP contribution in [0.25, 0.3) is 11.4 Å². The first-order chi connectivity index (χ1) is 24.5. The predicted octanol–water partition coefficient (Wildman–Crippen LogP) is 4.79. The van der Waals surface area contributed by atoms with Gasteiger partial charge >= 0.3 is 6.18 Å². The third kappa shape index (κ3) is 4.84. The number of alkyl halides is 3. The Morgan fingerprint density at radius 3 is 2.73 bits per heavy atom. The number of anilines is 1. The van der Waals surface area contributed by atoms with Crippen molar-refractivity contribution in [3.8, 4) is 5.75 Å². The first kappa shape index (κ1) is 32.2. The zero-order chi connectivity index (χ0) is 35.4. The quantitative estimate of drug-likeness (QED) is 0.300. The summed E-state index contributed by atoms with van der Waals surface area (Å²) in [5.41, 5.74) is 0.357. The van der Waals surface area contributed by atoms with E-state index in [0.29, 0.717) is 44.0 Å². The van der Waals surface area contributed by atoms with E-state index in [9.17, 15) is 32.7 Å². The number of aromatic nitrogens is 5. The lowest BCUT2D eigenvalue weighted by atomic mass is 9.54. The van der Waals surface area contributed by atoms with Gasteiger partial charge in [-0.3, -0.25) is 14.4 Å². The number of pyridine rings is 1. The maximum absolute atomic E-state index is 14.7. The summed E-state index contributed by atoms with van der Waals surface area (Å²) in [5, 5.41) is 17.4. The van der Waals surface area contributed by atoms with Crippen LogP contribution < -0.4 is 10.9 Å². The van der Waals surface area contributed by atoms with Crippen LogP contribution in [0.3, 0.4) is 0 Å². The average molecular weight is 722 g/mol. The third-order valence-electron chi connectivity index (χ3n) is 11.5. The molecule has 3 aliphatic carbocycles. The third-order valence-corrected chi connectivity index (χ3v) is 11.8. The van der Waals surface area contributed by atoms with Gasteiger partial charge < -0.3 is 24.6 Å². The van der Waals surface area contributed by atoms with Gasteiger partial charge in [-0.15, -0.1) is 5.10 Å². The van der Waals surface area contributed by atoms with Crippen molar-refractivity contribution in [1.29, 1.82) is 0 Å². The number of carbonyl (C=O) groups is 2. The Bertz CT molecular complexity index is 2250. The van der Waals surface area contributed by atoms with E-state index in [1.165, 1.54) is 16.8 Å². The number of piperidine rings is 1. The van der Waals surface area contributed by atoms with Gasteiger partial charge in [-0.1, -0.05) is 17.7 Å². The number of carbonyl (C=O) groups excluding carboxylic acids is 2. The summed E-state index contributed by atoms with van der Waals surface area (Å²) in [4.78, 5) is 52.7. The number of fused-ring (bicyclic) bond motifs is 8. The van der Waals surface area contributed by atoms with Crippen LogP contribution in [0.15, 0.2) is 47.4 Å². The summed E-state index contributed by atoms with van der Waals surface area (Å²) in [6.07, 6.45) is 2.14. The van der Waals surface area contributed by atoms with Gasteiger partial charge in [0, 0.05) is 41.4 Å². The van der Waals surface area contributed by atoms with E-state index in [1.54, 1.807) is 15.5 Å². The zero-order valence-corrected chi connectivity index (χ0v) is 27.7. The van der Waals surface area contributed by atoms with Crippen molar-refractivity contribution in [2.24, 2.45) is 11.8 Å². The number of nitrogens with zero attached hydrogens (tertiary/aromatic N) is 6. The Balaban J connectivity index is 1.12. The Morgan fingerprint density at radius 1 is 1.18 bits per heavy atom. The normalized spacial score (nSPS) is 26.3. The molecule has 9 rings (SSSR count). The molecule has 1 aromatic carbocycles. The molecular formula is C35H31ClF3N7O5. The number of amides is 2. The second kappa shape index (κ2) is 11.4. The molecule has 264 valence electrons. The zero-order valence-electron chi connectivity index (χ0n) is 27.0. The van der Waals surface area contributed by atoms with Crippen molar-refractivity contribution in [3.63, 3.8) is 0 Å². The number of rotatable bonds is 5. The maximum Gasteiger partial charge on any atom is 0.416 e. The Morgan fingerprint density at radius 2 is 2.02 bits per heavy atom. The van der Waals surface area contributed by atoms with Gasteiger partial charge in [0.05, 0.1) is 29.5 Å². The molecule has 5 aliphatic rings. The number of likely N-dealkylation sites (tertiary alicyclic amines) is 1. The number of aromatic hydroxyl groups is 1. The summed E-state index contributed by atoms with van der Waals surface area (Å²) in [5.74, 6) is -0.470. The lowest BCUT2D eigenvalue weighted by Gasteiger charge is -2.58. The fraction of sp³-hybridized carbons (Fsp3) is 0.429. The fourth-order valence-electron chi connectivity index (χ4n) is 9.13. The number of benzene rings is 1. The van der Waals surface area contributed by atoms with E-state index in [1.807, 2.05) is 6.08 Å². The van der Waals surface area contributed by atoms with Crippen molar-refractivity contribution in [2.75, 3.05) is 25.1 Å². The van der Waals surface area contributed by atoms with Crippen LogP contribution in [-0.4, -0.2) is 71.8 Å². The van der Waals surface area contributed by atoms with E-state index < -0.39 is 23.1 Å². The lowest BCUT2D eigenvalue weighted by Crippen LogP contribution is -2.64. The first-order valence-corrected chi connectivity index (χ1v) is 17.3. The Kier molecular flexibility index (Phi) is 7.17. The molecule has 2 saturated carbocycles. The summed E-state index contributed by atoms with van der Waals surface area (Å²) in [6, 6.07) is 5.56. The van der Waals surface area contributed by atoms with Gasteiger partial charge in [0.15, 0.2) is 11.5 Å². The van der Waals surface area contributed by atoms with E-state index in [2.05, 4.69) is 15.4 Å². The van der Waals surface area contributed by atoms with E-state index in [0.717, 1.165) is 48.7 Å². The highest BCUT2D eigenvalue weighted by Crippen LogP contribution is 2.72. The molecule has 0 unspecified atom stereocenters. The number of halogens is 4. The van der Waals surface area contributed by atoms with E-state index >= 15 is 0 Å². The number of hydrogen-bond acceptors (Lipinski definition) is 8. The standard InChI is InChI=1S/C35H31ClF3N7O5/c36-22-14-18(35(37,38)39)3-5-23(22)41-26(48)16-45-29-19-15-21(19)34(27(29)31(49)46-33(45)42-30(43-46)17-7-12-51-13-8-17)9-11-44(24-6-4-20(24)34)32(50)28-25(47)2-1-10-40-28/h1-3,5,7,10,14,19-21,24,47H,4,6,8-9,11-13,15-16H2,(H,41,48)/t19-,20-,21+,24+,34+/m0/s1. The van der Waals surface area contributed by atoms with Gasteiger partial charge in [-0.05, 0) is 79.8 Å². The molecule has 12 nitrogen and oxygen atoms in total. The molecule has 2 aliphatic heterocycles. The van der Waals surface area contributed by atoms with Crippen LogP contribution in [0.4, 0.5) is 18.9 Å². The minimum Gasteiger partial charge on any atom is -0.505 e. The summed E-state index contributed by atoms with van der Waals surface area (Å²) >= 11 is 6.18. The summed E-state index contributed by atoms with van der Waals surface area (Å²) in [6.45, 7) is 0.919. The van der Waals surface area contributed by atoms with Crippen molar-refractivity contribution < 1.29 is 32.6 Å². The smallest absolute Gasteiger partial charge is 0.416 e. The highest BCUT2D eigenvalue weighted by atomic mass is 35.5. The number of nitrogens with one attached hydrogen (secondary N) is 1.